The zero-order valence-corrected chi connectivity index (χ0v) is 25.8. The van der Waals surface area contributed by atoms with Gasteiger partial charge in [0.1, 0.15) is 12.6 Å². The monoisotopic (exact) mass is 617 g/mol. The number of rotatable bonds is 12. The zero-order chi connectivity index (χ0) is 31.9. The number of aryl methyl sites for hydroxylation is 2. The van der Waals surface area contributed by atoms with Crippen LogP contribution in [0.3, 0.4) is 0 Å². The first-order valence-electron chi connectivity index (χ1n) is 14.0. The third kappa shape index (κ3) is 8.82. The average Bonchev–Trinajstić information content (AvgIpc) is 2.95. The molecule has 3 aromatic carbocycles. The third-order valence-corrected chi connectivity index (χ3v) is 8.68. The van der Waals surface area contributed by atoms with Crippen LogP contribution in [0.15, 0.2) is 77.7 Å². The number of alkyl halides is 3. The molecule has 3 aromatic rings. The molecule has 0 heterocycles. The smallest absolute Gasteiger partial charge is 0.354 e. The Morgan fingerprint density at radius 1 is 0.907 bits per heavy atom. The van der Waals surface area contributed by atoms with E-state index in [9.17, 15) is 31.2 Å². The molecule has 3 rings (SSSR count). The molecule has 0 spiro atoms. The summed E-state index contributed by atoms with van der Waals surface area (Å²) in [5, 5.41) is 2.84. The van der Waals surface area contributed by atoms with Gasteiger partial charge in [0.15, 0.2) is 0 Å². The lowest BCUT2D eigenvalue weighted by Crippen LogP contribution is -2.52. The highest BCUT2D eigenvalue weighted by Crippen LogP contribution is 2.33. The second kappa shape index (κ2) is 14.1. The molecule has 1 atom stereocenters. The van der Waals surface area contributed by atoms with Gasteiger partial charge in [0, 0.05) is 13.1 Å². The number of anilines is 1. The molecule has 7 nitrogen and oxygen atoms in total. The van der Waals surface area contributed by atoms with Crippen LogP contribution in [-0.2, 0) is 32.3 Å². The number of carbonyl (C=O) groups is 2. The van der Waals surface area contributed by atoms with Crippen LogP contribution in [0.25, 0.3) is 0 Å². The van der Waals surface area contributed by atoms with E-state index in [4.69, 9.17) is 0 Å². The Morgan fingerprint density at radius 2 is 1.49 bits per heavy atom. The Kier molecular flexibility index (Phi) is 11.0. The van der Waals surface area contributed by atoms with Crippen LogP contribution < -0.4 is 9.62 Å². The van der Waals surface area contributed by atoms with Gasteiger partial charge in [-0.25, -0.2) is 8.42 Å². The molecule has 2 amide bonds. The fourth-order valence-electron chi connectivity index (χ4n) is 4.44. The van der Waals surface area contributed by atoms with Gasteiger partial charge in [-0.2, -0.15) is 13.2 Å². The summed E-state index contributed by atoms with van der Waals surface area (Å²) in [6.07, 6.45) is -4.51. The SMILES string of the molecule is CC[C@H](C(=O)NCC(C)C)N(Cc1ccc(C)cc1)C(=O)CN(c1cccc(C(F)(F)F)c1)S(=O)(=O)c1ccc(C)cc1. The number of hydrogen-bond acceptors (Lipinski definition) is 4. The molecular formula is C32H38F3N3O4S. The number of carbonyl (C=O) groups excluding carboxylic acids is 2. The highest BCUT2D eigenvalue weighted by atomic mass is 32.2. The summed E-state index contributed by atoms with van der Waals surface area (Å²) in [5.41, 5.74) is 1.10. The quantitative estimate of drug-likeness (QED) is 0.266. The number of nitrogens with zero attached hydrogens (tertiary/aromatic N) is 2. The van der Waals surface area contributed by atoms with Gasteiger partial charge in [-0.15, -0.1) is 0 Å². The van der Waals surface area contributed by atoms with Gasteiger partial charge in [-0.1, -0.05) is 74.4 Å². The molecule has 0 unspecified atom stereocenters. The van der Waals surface area contributed by atoms with Crippen LogP contribution in [0.1, 0.15) is 49.4 Å². The van der Waals surface area contributed by atoms with Gasteiger partial charge >= 0.3 is 6.18 Å². The van der Waals surface area contributed by atoms with Crippen molar-refractivity contribution in [2.24, 2.45) is 5.92 Å². The van der Waals surface area contributed by atoms with Gasteiger partial charge in [0.05, 0.1) is 16.1 Å². The van der Waals surface area contributed by atoms with Crippen molar-refractivity contribution >= 4 is 27.5 Å². The molecule has 0 bridgehead atoms. The highest BCUT2D eigenvalue weighted by Gasteiger charge is 2.36. The molecule has 232 valence electrons. The van der Waals surface area contributed by atoms with E-state index in [0.29, 0.717) is 22.5 Å². The zero-order valence-electron chi connectivity index (χ0n) is 25.0. The molecule has 0 aliphatic rings. The maximum absolute atomic E-state index is 14.1. The van der Waals surface area contributed by atoms with E-state index in [1.807, 2.05) is 45.0 Å². The summed E-state index contributed by atoms with van der Waals surface area (Å²) in [7, 11) is -4.50. The molecule has 0 saturated heterocycles. The van der Waals surface area contributed by atoms with Crippen LogP contribution in [0, 0.1) is 19.8 Å². The summed E-state index contributed by atoms with van der Waals surface area (Å²) in [4.78, 5) is 28.5. The minimum atomic E-state index is -4.74. The maximum atomic E-state index is 14.1. The Hall–Kier alpha value is -3.86. The average molecular weight is 618 g/mol. The molecule has 0 saturated carbocycles. The first-order valence-corrected chi connectivity index (χ1v) is 15.5. The van der Waals surface area contributed by atoms with E-state index in [1.54, 1.807) is 26.0 Å². The van der Waals surface area contributed by atoms with Crippen molar-refractivity contribution in [2.75, 3.05) is 17.4 Å². The van der Waals surface area contributed by atoms with Crippen LogP contribution in [0.4, 0.5) is 18.9 Å². The molecule has 11 heteroatoms. The van der Waals surface area contributed by atoms with Crippen molar-refractivity contribution in [2.45, 2.75) is 64.7 Å². The van der Waals surface area contributed by atoms with Crippen LogP contribution in [0.2, 0.25) is 0 Å². The van der Waals surface area contributed by atoms with Crippen LogP contribution in [-0.4, -0.2) is 44.3 Å². The maximum Gasteiger partial charge on any atom is 0.416 e. The topological polar surface area (TPSA) is 86.8 Å². The van der Waals surface area contributed by atoms with Crippen LogP contribution >= 0.6 is 0 Å². The first-order chi connectivity index (χ1) is 20.1. The summed E-state index contributed by atoms with van der Waals surface area (Å²) in [5.74, 6) is -0.984. The molecule has 0 aliphatic carbocycles. The minimum absolute atomic E-state index is 0.00622. The van der Waals surface area contributed by atoms with Gasteiger partial charge in [-0.3, -0.25) is 13.9 Å². The van der Waals surface area contributed by atoms with Crippen molar-refractivity contribution < 1.29 is 31.2 Å². The molecule has 0 aliphatic heterocycles. The van der Waals surface area contributed by atoms with Crippen molar-refractivity contribution in [1.82, 2.24) is 10.2 Å². The predicted octanol–water partition coefficient (Wildman–Crippen LogP) is 6.10. The third-order valence-electron chi connectivity index (χ3n) is 6.89. The van der Waals surface area contributed by atoms with Crippen LogP contribution in [0.5, 0.6) is 0 Å². The van der Waals surface area contributed by atoms with E-state index in [0.717, 1.165) is 23.3 Å². The largest absolute Gasteiger partial charge is 0.416 e. The fraction of sp³-hybridized carbons (Fsp3) is 0.375. The number of benzene rings is 3. The molecule has 0 fully saturated rings. The lowest BCUT2D eigenvalue weighted by molar-refractivity contribution is -0.140. The summed E-state index contributed by atoms with van der Waals surface area (Å²) in [6, 6.07) is 16.0. The number of nitrogens with one attached hydrogen (secondary N) is 1. The minimum Gasteiger partial charge on any atom is -0.354 e. The Bertz CT molecular complexity index is 1510. The van der Waals surface area contributed by atoms with Crippen molar-refractivity contribution in [1.29, 1.82) is 0 Å². The van der Waals surface area contributed by atoms with Crippen molar-refractivity contribution in [3.8, 4) is 0 Å². The summed E-state index contributed by atoms with van der Waals surface area (Å²) < 4.78 is 69.4. The van der Waals surface area contributed by atoms with Gasteiger partial charge < -0.3 is 10.2 Å². The van der Waals surface area contributed by atoms with Gasteiger partial charge in [0.25, 0.3) is 10.0 Å². The van der Waals surface area contributed by atoms with Crippen molar-refractivity contribution in [3.63, 3.8) is 0 Å². The van der Waals surface area contributed by atoms with Gasteiger partial charge in [-0.05, 0) is 62.1 Å². The second-order valence-corrected chi connectivity index (χ2v) is 12.8. The second-order valence-electron chi connectivity index (χ2n) is 10.9. The molecule has 43 heavy (non-hydrogen) atoms. The normalized spacial score (nSPS) is 12.6. The van der Waals surface area contributed by atoms with E-state index in [-0.39, 0.29) is 29.5 Å². The number of sulfonamides is 1. The summed E-state index contributed by atoms with van der Waals surface area (Å²) >= 11 is 0. The number of halogens is 3. The summed E-state index contributed by atoms with van der Waals surface area (Å²) in [6.45, 7) is 8.82. The number of amides is 2. The highest BCUT2D eigenvalue weighted by molar-refractivity contribution is 7.92. The lowest BCUT2D eigenvalue weighted by Gasteiger charge is -2.33. The lowest BCUT2D eigenvalue weighted by atomic mass is 10.1. The van der Waals surface area contributed by atoms with E-state index in [1.165, 1.54) is 23.1 Å². The predicted molar refractivity (Wildman–Crippen MR) is 161 cm³/mol. The Balaban J connectivity index is 2.10. The molecule has 1 N–H and O–H groups in total. The fourth-order valence-corrected chi connectivity index (χ4v) is 5.84. The van der Waals surface area contributed by atoms with Crippen molar-refractivity contribution in [3.05, 3.63) is 95.1 Å². The van der Waals surface area contributed by atoms with E-state index < -0.39 is 46.2 Å². The molecular weight excluding hydrogens is 579 g/mol. The Labute approximate surface area is 251 Å². The van der Waals surface area contributed by atoms with E-state index in [2.05, 4.69) is 5.32 Å². The Morgan fingerprint density at radius 3 is 2.02 bits per heavy atom. The molecule has 0 radical (unpaired) electrons. The first kappa shape index (κ1) is 33.6. The van der Waals surface area contributed by atoms with Gasteiger partial charge in [0.2, 0.25) is 11.8 Å². The standard InChI is InChI=1S/C32H38F3N3O4S/c1-6-29(31(40)36-19-22(2)3)37(20-25-14-10-23(4)11-15-25)30(39)21-38(27-9-7-8-26(18-27)32(33,34)35)43(41,42)28-16-12-24(5)13-17-28/h7-18,22,29H,6,19-21H2,1-5H3,(H,36,40)/t29-/m1/s1. The number of hydrogen-bond donors (Lipinski definition) is 1. The van der Waals surface area contributed by atoms with E-state index >= 15 is 0 Å². The molecule has 0 aromatic heterocycles.